The monoisotopic (exact) mass is 326 g/mol. The molecule has 2 aromatic rings. The van der Waals surface area contributed by atoms with Crippen LogP contribution in [0.25, 0.3) is 6.08 Å². The average molecular weight is 326 g/mol. The fourth-order valence-corrected chi connectivity index (χ4v) is 2.33. The fraction of sp³-hybridized carbons (Fsp3) is 0.111. The number of amides is 1. The van der Waals surface area contributed by atoms with E-state index in [9.17, 15) is 9.18 Å². The number of ether oxygens (including phenoxy) is 2. The van der Waals surface area contributed by atoms with E-state index in [4.69, 9.17) is 9.47 Å². The van der Waals surface area contributed by atoms with Gasteiger partial charge in [0.15, 0.2) is 11.5 Å². The van der Waals surface area contributed by atoms with Crippen molar-refractivity contribution in [3.05, 3.63) is 65.1 Å². The predicted octanol–water partition coefficient (Wildman–Crippen LogP) is 2.76. The minimum atomic E-state index is -0.410. The molecule has 0 aliphatic carbocycles. The first-order valence-corrected chi connectivity index (χ1v) is 7.21. The maximum atomic E-state index is 13.7. The van der Waals surface area contributed by atoms with E-state index in [1.165, 1.54) is 19.3 Å². The predicted molar refractivity (Wildman–Crippen MR) is 88.6 cm³/mol. The van der Waals surface area contributed by atoms with Crippen LogP contribution < -0.4 is 14.8 Å². The molecule has 0 unspecified atom stereocenters. The van der Waals surface area contributed by atoms with Crippen molar-refractivity contribution in [1.82, 2.24) is 5.32 Å². The van der Waals surface area contributed by atoms with Gasteiger partial charge in [-0.3, -0.25) is 4.79 Å². The summed E-state index contributed by atoms with van der Waals surface area (Å²) in [5.41, 5.74) is 1.11. The largest absolute Gasteiger partial charge is 0.493 e. The minimum absolute atomic E-state index is 0.143. The van der Waals surface area contributed by atoms with Gasteiger partial charge in [-0.1, -0.05) is 18.2 Å². The first-order valence-electron chi connectivity index (χ1n) is 7.21. The van der Waals surface area contributed by atoms with Crippen LogP contribution in [0.5, 0.6) is 11.5 Å². The van der Waals surface area contributed by atoms with E-state index >= 15 is 0 Å². The maximum absolute atomic E-state index is 13.7. The quantitative estimate of drug-likeness (QED) is 0.879. The summed E-state index contributed by atoms with van der Waals surface area (Å²) >= 11 is 0. The van der Waals surface area contributed by atoms with E-state index in [-0.39, 0.29) is 11.6 Å². The summed E-state index contributed by atoms with van der Waals surface area (Å²) in [5.74, 6) is 0.686. The zero-order chi connectivity index (χ0) is 17.1. The SMILES string of the molecule is COc1ccc(C2=N/C(=C\c3ccccc3F)C(=O)N2)cc1OC. The molecule has 0 atom stereocenters. The third-order valence-electron chi connectivity index (χ3n) is 3.55. The zero-order valence-electron chi connectivity index (χ0n) is 13.2. The van der Waals surface area contributed by atoms with Gasteiger partial charge in [-0.25, -0.2) is 9.38 Å². The summed E-state index contributed by atoms with van der Waals surface area (Å²) in [7, 11) is 3.07. The highest BCUT2D eigenvalue weighted by atomic mass is 19.1. The molecular formula is C18H15FN2O3. The topological polar surface area (TPSA) is 59.9 Å². The minimum Gasteiger partial charge on any atom is -0.493 e. The van der Waals surface area contributed by atoms with Crippen LogP contribution in [0.2, 0.25) is 0 Å². The number of amidine groups is 1. The lowest BCUT2D eigenvalue weighted by atomic mass is 10.2. The van der Waals surface area contributed by atoms with Gasteiger partial charge in [-0.15, -0.1) is 0 Å². The molecule has 1 amide bonds. The van der Waals surface area contributed by atoms with E-state index in [1.807, 2.05) is 0 Å². The van der Waals surface area contributed by atoms with Gasteiger partial charge < -0.3 is 14.8 Å². The number of benzene rings is 2. The van der Waals surface area contributed by atoms with E-state index < -0.39 is 5.82 Å². The van der Waals surface area contributed by atoms with Crippen LogP contribution >= 0.6 is 0 Å². The molecule has 6 heteroatoms. The van der Waals surface area contributed by atoms with E-state index in [0.29, 0.717) is 28.5 Å². The lowest BCUT2D eigenvalue weighted by Crippen LogP contribution is -2.24. The third-order valence-corrected chi connectivity index (χ3v) is 3.55. The van der Waals surface area contributed by atoms with Gasteiger partial charge in [0.2, 0.25) is 0 Å². The molecule has 0 saturated heterocycles. The zero-order valence-corrected chi connectivity index (χ0v) is 13.2. The summed E-state index contributed by atoms with van der Waals surface area (Å²) in [6.45, 7) is 0. The lowest BCUT2D eigenvalue weighted by molar-refractivity contribution is -0.115. The summed E-state index contributed by atoms with van der Waals surface area (Å²) in [6, 6.07) is 11.4. The van der Waals surface area contributed by atoms with Gasteiger partial charge in [-0.05, 0) is 30.3 Å². The maximum Gasteiger partial charge on any atom is 0.275 e. The second kappa shape index (κ2) is 6.54. The molecule has 0 spiro atoms. The average Bonchev–Trinajstić information content (AvgIpc) is 2.97. The Labute approximate surface area is 138 Å². The van der Waals surface area contributed by atoms with Crippen molar-refractivity contribution in [2.24, 2.45) is 4.99 Å². The highest BCUT2D eigenvalue weighted by molar-refractivity contribution is 6.19. The van der Waals surface area contributed by atoms with Crippen molar-refractivity contribution < 1.29 is 18.7 Å². The smallest absolute Gasteiger partial charge is 0.275 e. The first-order chi connectivity index (χ1) is 11.6. The Hall–Kier alpha value is -3.15. The molecule has 1 N–H and O–H groups in total. The van der Waals surface area contributed by atoms with Gasteiger partial charge in [0.25, 0.3) is 5.91 Å². The molecule has 0 saturated carbocycles. The van der Waals surface area contributed by atoms with Crippen LogP contribution in [0, 0.1) is 5.82 Å². The second-order valence-corrected chi connectivity index (χ2v) is 5.04. The van der Waals surface area contributed by atoms with Crippen molar-refractivity contribution >= 4 is 17.8 Å². The number of rotatable bonds is 4. The number of nitrogens with one attached hydrogen (secondary N) is 1. The van der Waals surface area contributed by atoms with Gasteiger partial charge in [0.1, 0.15) is 17.3 Å². The van der Waals surface area contributed by atoms with Crippen LogP contribution in [0.4, 0.5) is 4.39 Å². The van der Waals surface area contributed by atoms with Crippen molar-refractivity contribution in [2.45, 2.75) is 0 Å². The fourth-order valence-electron chi connectivity index (χ4n) is 2.33. The molecule has 5 nitrogen and oxygen atoms in total. The Balaban J connectivity index is 1.96. The van der Waals surface area contributed by atoms with Crippen LogP contribution in [0.3, 0.4) is 0 Å². The standard InChI is InChI=1S/C18H15FN2O3/c1-23-15-8-7-12(10-16(15)24-2)17-20-14(18(22)21-17)9-11-5-3-4-6-13(11)19/h3-10H,1-2H3,(H,20,21,22)/b14-9-. The van der Waals surface area contributed by atoms with Crippen molar-refractivity contribution in [3.63, 3.8) is 0 Å². The Morgan fingerprint density at radius 3 is 2.54 bits per heavy atom. The van der Waals surface area contributed by atoms with E-state index in [0.717, 1.165) is 0 Å². The molecule has 1 aliphatic heterocycles. The van der Waals surface area contributed by atoms with Gasteiger partial charge in [-0.2, -0.15) is 0 Å². The Morgan fingerprint density at radius 1 is 1.08 bits per heavy atom. The summed E-state index contributed by atoms with van der Waals surface area (Å²) in [6.07, 6.45) is 1.42. The number of halogens is 1. The highest BCUT2D eigenvalue weighted by Gasteiger charge is 2.22. The number of methoxy groups -OCH3 is 2. The Bertz CT molecular complexity index is 859. The van der Waals surface area contributed by atoms with Crippen LogP contribution in [0.1, 0.15) is 11.1 Å². The Morgan fingerprint density at radius 2 is 1.83 bits per heavy atom. The number of carbonyl (C=O) groups excluding carboxylic acids is 1. The second-order valence-electron chi connectivity index (χ2n) is 5.04. The molecular weight excluding hydrogens is 311 g/mol. The number of aliphatic imine (C=N–C) groups is 1. The third kappa shape index (κ3) is 2.99. The molecule has 0 fully saturated rings. The highest BCUT2D eigenvalue weighted by Crippen LogP contribution is 2.28. The number of nitrogens with zero attached hydrogens (tertiary/aromatic N) is 1. The molecule has 122 valence electrons. The first kappa shape index (κ1) is 15.7. The molecule has 2 aromatic carbocycles. The molecule has 0 radical (unpaired) electrons. The van der Waals surface area contributed by atoms with Crippen LogP contribution in [-0.2, 0) is 4.79 Å². The van der Waals surface area contributed by atoms with Crippen LogP contribution in [-0.4, -0.2) is 26.0 Å². The molecule has 0 bridgehead atoms. The number of hydrogen-bond acceptors (Lipinski definition) is 4. The molecule has 24 heavy (non-hydrogen) atoms. The molecule has 1 aliphatic rings. The van der Waals surface area contributed by atoms with Crippen molar-refractivity contribution in [2.75, 3.05) is 14.2 Å². The van der Waals surface area contributed by atoms with E-state index in [2.05, 4.69) is 10.3 Å². The van der Waals surface area contributed by atoms with Crippen molar-refractivity contribution in [3.8, 4) is 11.5 Å². The van der Waals surface area contributed by atoms with E-state index in [1.54, 1.807) is 43.5 Å². The number of hydrogen-bond donors (Lipinski definition) is 1. The molecule has 0 aromatic heterocycles. The van der Waals surface area contributed by atoms with Crippen molar-refractivity contribution in [1.29, 1.82) is 0 Å². The van der Waals surface area contributed by atoms with Gasteiger partial charge >= 0.3 is 0 Å². The Kier molecular flexibility index (Phi) is 4.29. The number of carbonyl (C=O) groups is 1. The molecule has 3 rings (SSSR count). The van der Waals surface area contributed by atoms with Gasteiger partial charge in [0, 0.05) is 11.1 Å². The van der Waals surface area contributed by atoms with Gasteiger partial charge in [0.05, 0.1) is 14.2 Å². The van der Waals surface area contributed by atoms with Crippen LogP contribution in [0.15, 0.2) is 53.2 Å². The summed E-state index contributed by atoms with van der Waals surface area (Å²) in [4.78, 5) is 16.3. The lowest BCUT2D eigenvalue weighted by Gasteiger charge is -2.09. The summed E-state index contributed by atoms with van der Waals surface area (Å²) < 4.78 is 24.1. The molecule has 1 heterocycles. The normalized spacial score (nSPS) is 15.2. The summed E-state index contributed by atoms with van der Waals surface area (Å²) in [5, 5.41) is 2.67.